The highest BCUT2D eigenvalue weighted by atomic mass is 16.6. The van der Waals surface area contributed by atoms with Crippen LogP contribution in [0.1, 0.15) is 50.7 Å². The maximum Gasteiger partial charge on any atom is 0.344 e. The van der Waals surface area contributed by atoms with E-state index in [9.17, 15) is 9.59 Å². The van der Waals surface area contributed by atoms with E-state index in [1.807, 2.05) is 32.0 Å². The number of aryl methyl sites for hydroxylation is 1. The summed E-state index contributed by atoms with van der Waals surface area (Å²) in [6, 6.07) is 5.91. The highest BCUT2D eigenvalue weighted by Gasteiger charge is 2.28. The molecule has 1 aromatic carbocycles. The second kappa shape index (κ2) is 8.18. The normalized spacial score (nSPS) is 15.0. The van der Waals surface area contributed by atoms with Crippen LogP contribution < -0.4 is 10.1 Å². The minimum Gasteiger partial charge on any atom is -0.482 e. The standard InChI is InChI=1S/C19H27NO4/c1-12(2)17-8-7-16(9-13(17)3)23-11-19(22)24-10-18(21)20-14(4)15-5-6-15/h7-9,12,14-15H,5-6,10-11H2,1-4H3,(H,20,21)/t14-/m0/s1. The molecule has 0 unspecified atom stereocenters. The van der Waals surface area contributed by atoms with Crippen LogP contribution in [0, 0.1) is 12.8 Å². The molecule has 5 nitrogen and oxygen atoms in total. The van der Waals surface area contributed by atoms with Gasteiger partial charge in [0.15, 0.2) is 13.2 Å². The van der Waals surface area contributed by atoms with Gasteiger partial charge in [0.1, 0.15) is 5.75 Å². The SMILES string of the molecule is Cc1cc(OCC(=O)OCC(=O)N[C@@H](C)C2CC2)ccc1C(C)C. The molecule has 0 bridgehead atoms. The number of hydrogen-bond acceptors (Lipinski definition) is 4. The van der Waals surface area contributed by atoms with Gasteiger partial charge in [0.25, 0.3) is 5.91 Å². The first kappa shape index (κ1) is 18.3. The average Bonchev–Trinajstić information content (AvgIpc) is 3.35. The van der Waals surface area contributed by atoms with Gasteiger partial charge in [-0.15, -0.1) is 0 Å². The first-order valence-corrected chi connectivity index (χ1v) is 8.55. The maximum atomic E-state index is 11.7. The van der Waals surface area contributed by atoms with E-state index in [1.54, 1.807) is 0 Å². The van der Waals surface area contributed by atoms with Gasteiger partial charge in [0.2, 0.25) is 0 Å². The first-order valence-electron chi connectivity index (χ1n) is 8.55. The molecule has 132 valence electrons. The molecule has 1 saturated carbocycles. The molecule has 1 aliphatic carbocycles. The van der Waals surface area contributed by atoms with Gasteiger partial charge in [-0.2, -0.15) is 0 Å². The van der Waals surface area contributed by atoms with E-state index in [1.165, 1.54) is 5.56 Å². The van der Waals surface area contributed by atoms with E-state index in [0.29, 0.717) is 17.6 Å². The summed E-state index contributed by atoms with van der Waals surface area (Å²) in [5.41, 5.74) is 2.38. The van der Waals surface area contributed by atoms with Gasteiger partial charge < -0.3 is 14.8 Å². The predicted octanol–water partition coefficient (Wildman–Crippen LogP) is 2.96. The van der Waals surface area contributed by atoms with Crippen molar-refractivity contribution in [3.63, 3.8) is 0 Å². The molecule has 1 aromatic rings. The van der Waals surface area contributed by atoms with Crippen molar-refractivity contribution in [1.82, 2.24) is 5.32 Å². The number of nitrogens with one attached hydrogen (secondary N) is 1. The summed E-state index contributed by atoms with van der Waals surface area (Å²) >= 11 is 0. The molecule has 1 amide bonds. The molecule has 0 radical (unpaired) electrons. The smallest absolute Gasteiger partial charge is 0.344 e. The van der Waals surface area contributed by atoms with Gasteiger partial charge in [-0.05, 0) is 61.8 Å². The van der Waals surface area contributed by atoms with E-state index >= 15 is 0 Å². The average molecular weight is 333 g/mol. The maximum absolute atomic E-state index is 11.7. The van der Waals surface area contributed by atoms with Gasteiger partial charge in [0.05, 0.1) is 0 Å². The van der Waals surface area contributed by atoms with Crippen LogP contribution >= 0.6 is 0 Å². The Kier molecular flexibility index (Phi) is 6.23. The van der Waals surface area contributed by atoms with Crippen molar-refractivity contribution in [2.75, 3.05) is 13.2 Å². The minimum atomic E-state index is -0.546. The van der Waals surface area contributed by atoms with Gasteiger partial charge in [-0.1, -0.05) is 19.9 Å². The molecule has 1 atom stereocenters. The third kappa shape index (κ3) is 5.55. The molecule has 1 N–H and O–H groups in total. The van der Waals surface area contributed by atoms with Gasteiger partial charge in [0, 0.05) is 6.04 Å². The molecule has 0 heterocycles. The van der Waals surface area contributed by atoms with Crippen molar-refractivity contribution in [3.8, 4) is 5.75 Å². The zero-order chi connectivity index (χ0) is 17.7. The number of carbonyl (C=O) groups is 2. The van der Waals surface area contributed by atoms with Crippen LogP contribution in [0.15, 0.2) is 18.2 Å². The Labute approximate surface area is 143 Å². The molecule has 1 aliphatic rings. The lowest BCUT2D eigenvalue weighted by Gasteiger charge is -2.13. The minimum absolute atomic E-state index is 0.148. The van der Waals surface area contributed by atoms with Crippen molar-refractivity contribution in [2.45, 2.75) is 52.5 Å². The lowest BCUT2D eigenvalue weighted by atomic mass is 9.98. The number of hydrogen-bond donors (Lipinski definition) is 1. The molecule has 0 saturated heterocycles. The second-order valence-electron chi connectivity index (χ2n) is 6.82. The lowest BCUT2D eigenvalue weighted by molar-refractivity contribution is -0.150. The van der Waals surface area contributed by atoms with E-state index in [0.717, 1.165) is 18.4 Å². The summed E-state index contributed by atoms with van der Waals surface area (Å²) in [5.74, 6) is 0.834. The Hall–Kier alpha value is -2.04. The molecule has 5 heteroatoms. The third-order valence-corrected chi connectivity index (χ3v) is 4.30. The van der Waals surface area contributed by atoms with Crippen molar-refractivity contribution >= 4 is 11.9 Å². The van der Waals surface area contributed by atoms with Crippen LogP contribution in [0.4, 0.5) is 0 Å². The number of ether oxygens (including phenoxy) is 2. The van der Waals surface area contributed by atoms with E-state index in [4.69, 9.17) is 9.47 Å². The molecule has 24 heavy (non-hydrogen) atoms. The fourth-order valence-corrected chi connectivity index (χ4v) is 2.73. The largest absolute Gasteiger partial charge is 0.482 e. The van der Waals surface area contributed by atoms with E-state index in [2.05, 4.69) is 19.2 Å². The number of amides is 1. The Bertz CT molecular complexity index is 593. The zero-order valence-corrected chi connectivity index (χ0v) is 14.9. The van der Waals surface area contributed by atoms with Crippen LogP contribution in [0.2, 0.25) is 0 Å². The van der Waals surface area contributed by atoms with E-state index < -0.39 is 5.97 Å². The summed E-state index contributed by atoms with van der Waals surface area (Å²) in [6.07, 6.45) is 2.31. The van der Waals surface area contributed by atoms with Crippen LogP contribution in [0.3, 0.4) is 0 Å². The lowest BCUT2D eigenvalue weighted by Crippen LogP contribution is -2.37. The zero-order valence-electron chi connectivity index (χ0n) is 14.9. The fraction of sp³-hybridized carbons (Fsp3) is 0.579. The van der Waals surface area contributed by atoms with Crippen molar-refractivity contribution in [3.05, 3.63) is 29.3 Å². The number of esters is 1. The molecule has 1 fully saturated rings. The Morgan fingerprint density at radius 2 is 1.92 bits per heavy atom. The number of carbonyl (C=O) groups excluding carboxylic acids is 2. The Morgan fingerprint density at radius 1 is 1.21 bits per heavy atom. The monoisotopic (exact) mass is 333 g/mol. The Morgan fingerprint density at radius 3 is 2.50 bits per heavy atom. The summed E-state index contributed by atoms with van der Waals surface area (Å²) in [4.78, 5) is 23.4. The fourth-order valence-electron chi connectivity index (χ4n) is 2.73. The topological polar surface area (TPSA) is 64.6 Å². The highest BCUT2D eigenvalue weighted by Crippen LogP contribution is 2.32. The van der Waals surface area contributed by atoms with Crippen LogP contribution in [-0.2, 0) is 14.3 Å². The van der Waals surface area contributed by atoms with Crippen molar-refractivity contribution in [2.24, 2.45) is 5.92 Å². The number of benzene rings is 1. The van der Waals surface area contributed by atoms with Crippen molar-refractivity contribution in [1.29, 1.82) is 0 Å². The van der Waals surface area contributed by atoms with Crippen LogP contribution in [-0.4, -0.2) is 31.1 Å². The molecule has 0 spiro atoms. The molecule has 0 aromatic heterocycles. The molecule has 2 rings (SSSR count). The van der Waals surface area contributed by atoms with Gasteiger partial charge in [-0.3, -0.25) is 4.79 Å². The molecular weight excluding hydrogens is 306 g/mol. The predicted molar refractivity (Wildman–Crippen MR) is 92.1 cm³/mol. The quantitative estimate of drug-likeness (QED) is 0.743. The first-order chi connectivity index (χ1) is 11.4. The van der Waals surface area contributed by atoms with Crippen LogP contribution in [0.25, 0.3) is 0 Å². The summed E-state index contributed by atoms with van der Waals surface area (Å²) in [5, 5.41) is 2.84. The highest BCUT2D eigenvalue weighted by molar-refractivity contribution is 5.81. The van der Waals surface area contributed by atoms with Crippen molar-refractivity contribution < 1.29 is 19.1 Å². The number of rotatable bonds is 8. The molecular formula is C19H27NO4. The van der Waals surface area contributed by atoms with Gasteiger partial charge in [-0.25, -0.2) is 4.79 Å². The van der Waals surface area contributed by atoms with Gasteiger partial charge >= 0.3 is 5.97 Å². The second-order valence-corrected chi connectivity index (χ2v) is 6.82. The summed E-state index contributed by atoms with van der Waals surface area (Å²) < 4.78 is 10.4. The Balaban J connectivity index is 1.70. The third-order valence-electron chi connectivity index (χ3n) is 4.30. The summed E-state index contributed by atoms with van der Waals surface area (Å²) in [7, 11) is 0. The van der Waals surface area contributed by atoms with Crippen LogP contribution in [0.5, 0.6) is 5.75 Å². The molecule has 0 aliphatic heterocycles. The van der Waals surface area contributed by atoms with E-state index in [-0.39, 0.29) is 25.2 Å². The summed E-state index contributed by atoms with van der Waals surface area (Å²) in [6.45, 7) is 7.80.